The van der Waals surface area contributed by atoms with Crippen LogP contribution in [0.1, 0.15) is 49.9 Å². The summed E-state index contributed by atoms with van der Waals surface area (Å²) in [5, 5.41) is 2.95. The fraction of sp³-hybridized carbons (Fsp3) is 0.533. The lowest BCUT2D eigenvalue weighted by molar-refractivity contribution is 0.0932. The van der Waals surface area contributed by atoms with E-state index in [9.17, 15) is 9.18 Å². The quantitative estimate of drug-likeness (QED) is 0.820. The molecule has 1 aromatic carbocycles. The first kappa shape index (κ1) is 15.5. The minimum absolute atomic E-state index is 0.148. The van der Waals surface area contributed by atoms with Crippen molar-refractivity contribution in [3.8, 4) is 5.75 Å². The summed E-state index contributed by atoms with van der Waals surface area (Å²) in [5.41, 5.74) is 0.329. The topological polar surface area (TPSA) is 38.3 Å². The summed E-state index contributed by atoms with van der Waals surface area (Å²) >= 11 is 0. The molecule has 0 aromatic heterocycles. The van der Waals surface area contributed by atoms with E-state index >= 15 is 0 Å². The van der Waals surface area contributed by atoms with Crippen molar-refractivity contribution < 1.29 is 13.9 Å². The first-order valence-electron chi connectivity index (χ1n) is 6.76. The molecule has 0 spiro atoms. The molecule has 0 saturated heterocycles. The van der Waals surface area contributed by atoms with Gasteiger partial charge in [0, 0.05) is 11.6 Å². The number of ether oxygens (including phenoxy) is 1. The minimum atomic E-state index is -0.516. The summed E-state index contributed by atoms with van der Waals surface area (Å²) < 4.78 is 18.4. The van der Waals surface area contributed by atoms with E-state index in [2.05, 4.69) is 19.2 Å². The maximum atomic E-state index is 13.5. The van der Waals surface area contributed by atoms with Crippen molar-refractivity contribution in [2.24, 2.45) is 0 Å². The van der Waals surface area contributed by atoms with Crippen LogP contribution in [-0.2, 0) is 0 Å². The number of methoxy groups -OCH3 is 1. The average molecular weight is 267 g/mol. The zero-order valence-corrected chi connectivity index (χ0v) is 11.8. The Bertz CT molecular complexity index is 415. The van der Waals surface area contributed by atoms with Crippen LogP contribution in [0.3, 0.4) is 0 Å². The van der Waals surface area contributed by atoms with Gasteiger partial charge in [0.15, 0.2) is 11.6 Å². The van der Waals surface area contributed by atoms with Crippen LogP contribution >= 0.6 is 0 Å². The van der Waals surface area contributed by atoms with E-state index in [1.165, 1.54) is 19.2 Å². The number of rotatable bonds is 7. The monoisotopic (exact) mass is 267 g/mol. The molecule has 0 fully saturated rings. The van der Waals surface area contributed by atoms with Gasteiger partial charge in [-0.2, -0.15) is 0 Å². The van der Waals surface area contributed by atoms with Crippen molar-refractivity contribution in [2.45, 2.75) is 45.6 Å². The van der Waals surface area contributed by atoms with Gasteiger partial charge >= 0.3 is 0 Å². The number of amides is 1. The Morgan fingerprint density at radius 2 is 1.95 bits per heavy atom. The van der Waals surface area contributed by atoms with Crippen molar-refractivity contribution in [1.29, 1.82) is 0 Å². The third-order valence-electron chi connectivity index (χ3n) is 3.02. The third kappa shape index (κ3) is 4.54. The van der Waals surface area contributed by atoms with Crippen LogP contribution in [0.5, 0.6) is 5.75 Å². The first-order valence-corrected chi connectivity index (χ1v) is 6.76. The second-order valence-corrected chi connectivity index (χ2v) is 4.60. The van der Waals surface area contributed by atoms with Crippen LogP contribution in [-0.4, -0.2) is 19.1 Å². The zero-order chi connectivity index (χ0) is 14.3. The van der Waals surface area contributed by atoms with Crippen molar-refractivity contribution in [3.63, 3.8) is 0 Å². The highest BCUT2D eigenvalue weighted by Gasteiger charge is 2.14. The van der Waals surface area contributed by atoms with E-state index in [0.717, 1.165) is 25.7 Å². The highest BCUT2D eigenvalue weighted by molar-refractivity contribution is 5.94. The Morgan fingerprint density at radius 3 is 2.42 bits per heavy atom. The van der Waals surface area contributed by atoms with E-state index in [0.29, 0.717) is 5.56 Å². The highest BCUT2D eigenvalue weighted by Crippen LogP contribution is 2.18. The van der Waals surface area contributed by atoms with Gasteiger partial charge in [0.1, 0.15) is 0 Å². The van der Waals surface area contributed by atoms with Crippen LogP contribution in [0.2, 0.25) is 0 Å². The molecular weight excluding hydrogens is 245 g/mol. The predicted octanol–water partition coefficient (Wildman–Crippen LogP) is 3.53. The normalized spacial score (nSPS) is 10.6. The van der Waals surface area contributed by atoms with E-state index in [1.54, 1.807) is 6.07 Å². The van der Waals surface area contributed by atoms with Crippen molar-refractivity contribution in [3.05, 3.63) is 29.6 Å². The predicted molar refractivity (Wildman–Crippen MR) is 74.0 cm³/mol. The minimum Gasteiger partial charge on any atom is -0.494 e. The van der Waals surface area contributed by atoms with E-state index in [4.69, 9.17) is 4.74 Å². The lowest BCUT2D eigenvalue weighted by Crippen LogP contribution is -2.34. The van der Waals surface area contributed by atoms with Gasteiger partial charge in [-0.1, -0.05) is 26.7 Å². The van der Waals surface area contributed by atoms with E-state index in [-0.39, 0.29) is 17.7 Å². The van der Waals surface area contributed by atoms with Gasteiger partial charge in [-0.15, -0.1) is 0 Å². The summed E-state index contributed by atoms with van der Waals surface area (Å²) in [6.07, 6.45) is 3.92. The largest absolute Gasteiger partial charge is 0.494 e. The van der Waals surface area contributed by atoms with Crippen LogP contribution in [0.25, 0.3) is 0 Å². The number of carbonyl (C=O) groups is 1. The van der Waals surface area contributed by atoms with Gasteiger partial charge in [-0.25, -0.2) is 4.39 Å². The molecule has 1 aromatic rings. The lowest BCUT2D eigenvalue weighted by Gasteiger charge is -2.17. The summed E-state index contributed by atoms with van der Waals surface area (Å²) in [6, 6.07) is 4.42. The molecule has 19 heavy (non-hydrogen) atoms. The van der Waals surface area contributed by atoms with Crippen molar-refractivity contribution in [1.82, 2.24) is 5.32 Å². The fourth-order valence-electron chi connectivity index (χ4n) is 2.06. The molecule has 106 valence electrons. The Hall–Kier alpha value is -1.58. The molecule has 1 N–H and O–H groups in total. The standard InChI is InChI=1S/C15H22FNO2/c1-4-6-12(7-5-2)17-15(18)11-8-9-14(19-3)13(16)10-11/h8-10,12H,4-7H2,1-3H3,(H,17,18). The summed E-state index contributed by atoms with van der Waals surface area (Å²) in [5.74, 6) is -0.596. The van der Waals surface area contributed by atoms with E-state index < -0.39 is 5.82 Å². The molecule has 0 atom stereocenters. The Balaban J connectivity index is 2.73. The van der Waals surface area contributed by atoms with Crippen LogP contribution < -0.4 is 10.1 Å². The molecule has 1 rings (SSSR count). The van der Waals surface area contributed by atoms with Crippen LogP contribution in [0.4, 0.5) is 4.39 Å². The maximum absolute atomic E-state index is 13.5. The van der Waals surface area contributed by atoms with Crippen molar-refractivity contribution in [2.75, 3.05) is 7.11 Å². The average Bonchev–Trinajstić information content (AvgIpc) is 2.39. The number of hydrogen-bond donors (Lipinski definition) is 1. The van der Waals surface area contributed by atoms with E-state index in [1.807, 2.05) is 0 Å². The zero-order valence-electron chi connectivity index (χ0n) is 11.8. The molecule has 1 amide bonds. The number of carbonyl (C=O) groups excluding carboxylic acids is 1. The smallest absolute Gasteiger partial charge is 0.251 e. The number of benzene rings is 1. The Kier molecular flexibility index (Phi) is 6.33. The molecule has 0 aliphatic heterocycles. The van der Waals surface area contributed by atoms with Crippen LogP contribution in [0.15, 0.2) is 18.2 Å². The van der Waals surface area contributed by atoms with Gasteiger partial charge in [-0.3, -0.25) is 4.79 Å². The van der Waals surface area contributed by atoms with Gasteiger partial charge in [0.05, 0.1) is 7.11 Å². The molecule has 0 aliphatic carbocycles. The van der Waals surface area contributed by atoms with Crippen molar-refractivity contribution >= 4 is 5.91 Å². The number of hydrogen-bond acceptors (Lipinski definition) is 2. The number of nitrogens with one attached hydrogen (secondary N) is 1. The molecule has 0 saturated carbocycles. The molecule has 0 bridgehead atoms. The first-order chi connectivity index (χ1) is 9.12. The molecule has 3 nitrogen and oxygen atoms in total. The summed E-state index contributed by atoms with van der Waals surface area (Å²) in [7, 11) is 1.40. The highest BCUT2D eigenvalue weighted by atomic mass is 19.1. The second kappa shape index (κ2) is 7.77. The molecule has 0 unspecified atom stereocenters. The summed E-state index contributed by atoms with van der Waals surface area (Å²) in [4.78, 5) is 12.0. The summed E-state index contributed by atoms with van der Waals surface area (Å²) in [6.45, 7) is 4.17. The second-order valence-electron chi connectivity index (χ2n) is 4.60. The Morgan fingerprint density at radius 1 is 1.32 bits per heavy atom. The third-order valence-corrected chi connectivity index (χ3v) is 3.02. The molecule has 0 heterocycles. The molecule has 4 heteroatoms. The fourth-order valence-corrected chi connectivity index (χ4v) is 2.06. The SMILES string of the molecule is CCCC(CCC)NC(=O)c1ccc(OC)c(F)c1. The molecule has 0 radical (unpaired) electrons. The van der Waals surface area contributed by atoms with Gasteiger partial charge in [-0.05, 0) is 31.0 Å². The maximum Gasteiger partial charge on any atom is 0.251 e. The Labute approximate surface area is 114 Å². The van der Waals surface area contributed by atoms with Crippen LogP contribution in [0, 0.1) is 5.82 Å². The van der Waals surface area contributed by atoms with Gasteiger partial charge < -0.3 is 10.1 Å². The van der Waals surface area contributed by atoms with Gasteiger partial charge in [0.25, 0.3) is 5.91 Å². The molecule has 0 aliphatic rings. The van der Waals surface area contributed by atoms with Gasteiger partial charge in [0.2, 0.25) is 0 Å². The molecular formula is C15H22FNO2. The number of halogens is 1. The lowest BCUT2D eigenvalue weighted by atomic mass is 10.1.